The van der Waals surface area contributed by atoms with E-state index in [0.29, 0.717) is 11.9 Å². The quantitative estimate of drug-likeness (QED) is 0.907. The van der Waals surface area contributed by atoms with E-state index in [-0.39, 0.29) is 0 Å². The summed E-state index contributed by atoms with van der Waals surface area (Å²) in [5, 5.41) is 6.62. The molecule has 2 aromatic rings. The Hall–Kier alpha value is -2.01. The molecule has 0 saturated carbocycles. The Labute approximate surface area is 125 Å². The SMILES string of the molecule is Cc1cc(C)nc(Nc2cc(C3CCNCC3)ccn2)n1. The molecular weight excluding hydrogens is 262 g/mol. The Balaban J connectivity index is 1.79. The second kappa shape index (κ2) is 6.18. The van der Waals surface area contributed by atoms with Gasteiger partial charge in [-0.15, -0.1) is 0 Å². The van der Waals surface area contributed by atoms with Crippen LogP contribution in [0.5, 0.6) is 0 Å². The van der Waals surface area contributed by atoms with Gasteiger partial charge in [0, 0.05) is 17.6 Å². The van der Waals surface area contributed by atoms with E-state index in [1.54, 1.807) is 0 Å². The number of nitrogens with zero attached hydrogens (tertiary/aromatic N) is 3. The molecule has 0 unspecified atom stereocenters. The number of hydrogen-bond acceptors (Lipinski definition) is 5. The lowest BCUT2D eigenvalue weighted by molar-refractivity contribution is 0.460. The van der Waals surface area contributed by atoms with Crippen molar-refractivity contribution in [3.8, 4) is 0 Å². The summed E-state index contributed by atoms with van der Waals surface area (Å²) in [6.07, 6.45) is 4.23. The molecule has 1 aliphatic rings. The van der Waals surface area contributed by atoms with E-state index >= 15 is 0 Å². The van der Waals surface area contributed by atoms with Crippen molar-refractivity contribution >= 4 is 11.8 Å². The maximum Gasteiger partial charge on any atom is 0.228 e. The van der Waals surface area contributed by atoms with Crippen molar-refractivity contribution in [1.29, 1.82) is 0 Å². The van der Waals surface area contributed by atoms with Crippen molar-refractivity contribution in [2.24, 2.45) is 0 Å². The maximum absolute atomic E-state index is 4.40. The van der Waals surface area contributed by atoms with Crippen molar-refractivity contribution in [3.05, 3.63) is 41.3 Å². The van der Waals surface area contributed by atoms with E-state index in [1.165, 1.54) is 18.4 Å². The lowest BCUT2D eigenvalue weighted by atomic mass is 9.91. The number of piperidine rings is 1. The number of aryl methyl sites for hydroxylation is 2. The van der Waals surface area contributed by atoms with Crippen LogP contribution < -0.4 is 10.6 Å². The van der Waals surface area contributed by atoms with Gasteiger partial charge in [-0.05, 0) is 69.5 Å². The second-order valence-electron chi connectivity index (χ2n) is 5.60. The highest BCUT2D eigenvalue weighted by Crippen LogP contribution is 2.26. The van der Waals surface area contributed by atoms with E-state index in [1.807, 2.05) is 26.1 Å². The van der Waals surface area contributed by atoms with Gasteiger partial charge < -0.3 is 10.6 Å². The summed E-state index contributed by atoms with van der Waals surface area (Å²) in [6.45, 7) is 6.13. The molecule has 5 heteroatoms. The van der Waals surface area contributed by atoms with Crippen molar-refractivity contribution in [2.45, 2.75) is 32.6 Å². The van der Waals surface area contributed by atoms with Crippen molar-refractivity contribution in [2.75, 3.05) is 18.4 Å². The van der Waals surface area contributed by atoms with Crippen LogP contribution in [0.3, 0.4) is 0 Å². The van der Waals surface area contributed by atoms with Crippen LogP contribution in [0.2, 0.25) is 0 Å². The van der Waals surface area contributed by atoms with Gasteiger partial charge in [0.15, 0.2) is 0 Å². The molecule has 1 fully saturated rings. The molecule has 0 bridgehead atoms. The Morgan fingerprint density at radius 1 is 1.10 bits per heavy atom. The normalized spacial score (nSPS) is 15.9. The largest absolute Gasteiger partial charge is 0.317 e. The van der Waals surface area contributed by atoms with Crippen LogP contribution in [0.4, 0.5) is 11.8 Å². The molecule has 5 nitrogen and oxygen atoms in total. The fourth-order valence-corrected chi connectivity index (χ4v) is 2.82. The molecule has 3 heterocycles. The number of rotatable bonds is 3. The summed E-state index contributed by atoms with van der Waals surface area (Å²) in [5.74, 6) is 2.05. The highest BCUT2D eigenvalue weighted by Gasteiger charge is 2.15. The molecule has 21 heavy (non-hydrogen) atoms. The van der Waals surface area contributed by atoms with E-state index < -0.39 is 0 Å². The lowest BCUT2D eigenvalue weighted by Gasteiger charge is -2.23. The minimum atomic E-state index is 0.613. The second-order valence-corrected chi connectivity index (χ2v) is 5.60. The molecule has 0 aromatic carbocycles. The van der Waals surface area contributed by atoms with E-state index in [2.05, 4.69) is 37.7 Å². The molecule has 0 aliphatic carbocycles. The van der Waals surface area contributed by atoms with Gasteiger partial charge >= 0.3 is 0 Å². The molecule has 3 rings (SSSR count). The van der Waals surface area contributed by atoms with Gasteiger partial charge in [-0.2, -0.15) is 0 Å². The Kier molecular flexibility index (Phi) is 4.10. The first-order valence-electron chi connectivity index (χ1n) is 7.47. The number of pyridine rings is 1. The minimum absolute atomic E-state index is 0.613. The standard InChI is InChI=1S/C16H21N5/c1-11-9-12(2)20-16(19-11)21-15-10-14(5-8-18-15)13-3-6-17-7-4-13/h5,8-10,13,17H,3-4,6-7H2,1-2H3,(H,18,19,20,21). The van der Waals surface area contributed by atoms with Crippen LogP contribution in [0.25, 0.3) is 0 Å². The van der Waals surface area contributed by atoms with Crippen molar-refractivity contribution in [3.63, 3.8) is 0 Å². The summed E-state index contributed by atoms with van der Waals surface area (Å²) >= 11 is 0. The van der Waals surface area contributed by atoms with Crippen LogP contribution in [0.15, 0.2) is 24.4 Å². The summed E-state index contributed by atoms with van der Waals surface area (Å²) in [7, 11) is 0. The molecule has 110 valence electrons. The van der Waals surface area contributed by atoms with E-state index in [4.69, 9.17) is 0 Å². The topological polar surface area (TPSA) is 62.7 Å². The first-order chi connectivity index (χ1) is 10.2. The highest BCUT2D eigenvalue weighted by atomic mass is 15.1. The van der Waals surface area contributed by atoms with E-state index in [0.717, 1.165) is 30.3 Å². The third-order valence-electron chi connectivity index (χ3n) is 3.82. The molecule has 0 amide bonds. The van der Waals surface area contributed by atoms with Gasteiger partial charge in [-0.25, -0.2) is 15.0 Å². The van der Waals surface area contributed by atoms with Crippen LogP contribution in [-0.2, 0) is 0 Å². The zero-order valence-electron chi connectivity index (χ0n) is 12.6. The summed E-state index contributed by atoms with van der Waals surface area (Å²) in [5.41, 5.74) is 3.26. The lowest BCUT2D eigenvalue weighted by Crippen LogP contribution is -2.26. The molecular formula is C16H21N5. The third kappa shape index (κ3) is 3.55. The first kappa shape index (κ1) is 13.9. The predicted octanol–water partition coefficient (Wildman–Crippen LogP) is 2.70. The first-order valence-corrected chi connectivity index (χ1v) is 7.47. The molecule has 2 N–H and O–H groups in total. The summed E-state index contributed by atoms with van der Waals surface area (Å²) in [6, 6.07) is 6.20. The molecule has 2 aromatic heterocycles. The zero-order chi connectivity index (χ0) is 14.7. The fraction of sp³-hybridized carbons (Fsp3) is 0.438. The fourth-order valence-electron chi connectivity index (χ4n) is 2.82. The number of nitrogens with one attached hydrogen (secondary N) is 2. The molecule has 0 spiro atoms. The van der Waals surface area contributed by atoms with Gasteiger partial charge in [0.25, 0.3) is 0 Å². The Morgan fingerprint density at radius 2 is 1.81 bits per heavy atom. The smallest absolute Gasteiger partial charge is 0.228 e. The van der Waals surface area contributed by atoms with Crippen LogP contribution in [0.1, 0.15) is 35.7 Å². The monoisotopic (exact) mass is 283 g/mol. The number of anilines is 2. The van der Waals surface area contributed by atoms with Gasteiger partial charge in [-0.1, -0.05) is 0 Å². The van der Waals surface area contributed by atoms with Crippen LogP contribution in [-0.4, -0.2) is 28.0 Å². The average molecular weight is 283 g/mol. The van der Waals surface area contributed by atoms with Crippen LogP contribution >= 0.6 is 0 Å². The summed E-state index contributed by atoms with van der Waals surface area (Å²) < 4.78 is 0. The molecule has 1 aliphatic heterocycles. The molecule has 0 atom stereocenters. The average Bonchev–Trinajstić information content (AvgIpc) is 2.47. The Bertz CT molecular complexity index is 600. The van der Waals surface area contributed by atoms with Crippen molar-refractivity contribution in [1.82, 2.24) is 20.3 Å². The Morgan fingerprint density at radius 3 is 2.52 bits per heavy atom. The maximum atomic E-state index is 4.40. The number of aromatic nitrogens is 3. The molecule has 1 saturated heterocycles. The van der Waals surface area contributed by atoms with Gasteiger partial charge in [0.2, 0.25) is 5.95 Å². The summed E-state index contributed by atoms with van der Waals surface area (Å²) in [4.78, 5) is 13.2. The minimum Gasteiger partial charge on any atom is -0.317 e. The van der Waals surface area contributed by atoms with E-state index in [9.17, 15) is 0 Å². The third-order valence-corrected chi connectivity index (χ3v) is 3.82. The molecule has 0 radical (unpaired) electrons. The van der Waals surface area contributed by atoms with Gasteiger partial charge in [-0.3, -0.25) is 0 Å². The van der Waals surface area contributed by atoms with Crippen molar-refractivity contribution < 1.29 is 0 Å². The van der Waals surface area contributed by atoms with Crippen LogP contribution in [0, 0.1) is 13.8 Å². The van der Waals surface area contributed by atoms with Gasteiger partial charge in [0.05, 0.1) is 0 Å². The predicted molar refractivity (Wildman–Crippen MR) is 83.9 cm³/mol. The zero-order valence-corrected chi connectivity index (χ0v) is 12.6. The highest BCUT2D eigenvalue weighted by molar-refractivity contribution is 5.49. The number of hydrogen-bond donors (Lipinski definition) is 2. The van der Waals surface area contributed by atoms with Gasteiger partial charge in [0.1, 0.15) is 5.82 Å².